The van der Waals surface area contributed by atoms with Gasteiger partial charge in [0.05, 0.1) is 5.75 Å². The number of carbonyl (C=O) groups excluding carboxylic acids is 1. The van der Waals surface area contributed by atoms with Crippen LogP contribution in [-0.4, -0.2) is 40.9 Å². The van der Waals surface area contributed by atoms with E-state index < -0.39 is 0 Å². The minimum atomic E-state index is 0.212. The molecule has 1 aliphatic heterocycles. The second kappa shape index (κ2) is 8.66. The van der Waals surface area contributed by atoms with E-state index in [2.05, 4.69) is 0 Å². The first-order chi connectivity index (χ1) is 10.2. The number of benzene rings is 1. The van der Waals surface area contributed by atoms with Gasteiger partial charge in [-0.05, 0) is 43.4 Å². The van der Waals surface area contributed by atoms with Crippen molar-refractivity contribution in [3.05, 3.63) is 34.9 Å². The molecule has 0 aliphatic carbocycles. The number of aliphatic hydroxyl groups is 1. The largest absolute Gasteiger partial charge is 0.396 e. The first-order valence-electron chi connectivity index (χ1n) is 7.43. The summed E-state index contributed by atoms with van der Waals surface area (Å²) in [5, 5.41) is 9.66. The van der Waals surface area contributed by atoms with E-state index in [0.29, 0.717) is 11.8 Å². The van der Waals surface area contributed by atoms with Crippen LogP contribution in [0.4, 0.5) is 0 Å². The maximum atomic E-state index is 12.3. The lowest BCUT2D eigenvalue weighted by molar-refractivity contribution is -0.129. The standard InChI is InChI=1S/C16H22ClNO2S/c17-14-7-5-13(6-8-14)11-21-12-16(20)18-9-1-3-15(18)4-2-10-19/h5-8,15,19H,1-4,9-12H2. The van der Waals surface area contributed by atoms with Crippen LogP contribution < -0.4 is 0 Å². The molecule has 3 nitrogen and oxygen atoms in total. The van der Waals surface area contributed by atoms with Gasteiger partial charge < -0.3 is 10.0 Å². The number of amides is 1. The second-order valence-corrected chi connectivity index (χ2v) is 6.79. The third-order valence-corrected chi connectivity index (χ3v) is 5.04. The van der Waals surface area contributed by atoms with Gasteiger partial charge in [-0.1, -0.05) is 23.7 Å². The Morgan fingerprint density at radius 3 is 2.86 bits per heavy atom. The normalized spacial score (nSPS) is 18.2. The monoisotopic (exact) mass is 327 g/mol. The number of hydrogen-bond donors (Lipinski definition) is 1. The Labute approximate surface area is 135 Å². The van der Waals surface area contributed by atoms with Crippen molar-refractivity contribution in [2.24, 2.45) is 0 Å². The van der Waals surface area contributed by atoms with Crippen LogP contribution in [0.2, 0.25) is 5.02 Å². The van der Waals surface area contributed by atoms with Gasteiger partial charge in [-0.25, -0.2) is 0 Å². The molecule has 1 amide bonds. The molecule has 0 aromatic heterocycles. The summed E-state index contributed by atoms with van der Waals surface area (Å²) in [4.78, 5) is 14.3. The maximum Gasteiger partial charge on any atom is 0.232 e. The highest BCUT2D eigenvalue weighted by Crippen LogP contribution is 2.23. The Balaban J connectivity index is 1.74. The van der Waals surface area contributed by atoms with E-state index in [-0.39, 0.29) is 12.5 Å². The Hall–Kier alpha value is -0.710. The van der Waals surface area contributed by atoms with Gasteiger partial charge in [-0.2, -0.15) is 0 Å². The van der Waals surface area contributed by atoms with Crippen LogP contribution in [0.3, 0.4) is 0 Å². The minimum Gasteiger partial charge on any atom is -0.396 e. The molecule has 1 heterocycles. The quantitative estimate of drug-likeness (QED) is 0.835. The molecule has 1 atom stereocenters. The lowest BCUT2D eigenvalue weighted by Gasteiger charge is -2.24. The Morgan fingerprint density at radius 1 is 1.38 bits per heavy atom. The van der Waals surface area contributed by atoms with E-state index in [1.807, 2.05) is 29.2 Å². The van der Waals surface area contributed by atoms with Crippen LogP contribution >= 0.6 is 23.4 Å². The number of thioether (sulfide) groups is 1. The Kier molecular flexibility index (Phi) is 6.87. The van der Waals surface area contributed by atoms with E-state index in [1.165, 1.54) is 5.56 Å². The summed E-state index contributed by atoms with van der Waals surface area (Å²) in [6.45, 7) is 1.08. The molecule has 2 rings (SSSR count). The van der Waals surface area contributed by atoms with E-state index in [1.54, 1.807) is 11.8 Å². The molecule has 1 aromatic rings. The highest BCUT2D eigenvalue weighted by atomic mass is 35.5. The van der Waals surface area contributed by atoms with Crippen LogP contribution in [0.25, 0.3) is 0 Å². The number of likely N-dealkylation sites (tertiary alicyclic amines) is 1. The second-order valence-electron chi connectivity index (χ2n) is 5.37. The summed E-state index contributed by atoms with van der Waals surface area (Å²) in [6, 6.07) is 8.09. The van der Waals surface area contributed by atoms with Crippen LogP contribution in [-0.2, 0) is 10.5 Å². The fourth-order valence-electron chi connectivity index (χ4n) is 2.71. The lowest BCUT2D eigenvalue weighted by Crippen LogP contribution is -2.36. The van der Waals surface area contributed by atoms with Crippen LogP contribution in [0, 0.1) is 0 Å². The van der Waals surface area contributed by atoms with E-state index in [9.17, 15) is 4.79 Å². The summed E-state index contributed by atoms with van der Waals surface area (Å²) in [6.07, 6.45) is 3.87. The molecular formula is C16H22ClNO2S. The predicted octanol–water partition coefficient (Wildman–Crippen LogP) is 3.34. The maximum absolute atomic E-state index is 12.3. The molecule has 1 N–H and O–H groups in total. The van der Waals surface area contributed by atoms with E-state index in [0.717, 1.165) is 43.0 Å². The van der Waals surface area contributed by atoms with Crippen molar-refractivity contribution >= 4 is 29.3 Å². The van der Waals surface area contributed by atoms with Gasteiger partial charge in [0.25, 0.3) is 0 Å². The Morgan fingerprint density at radius 2 is 2.14 bits per heavy atom. The number of aliphatic hydroxyl groups excluding tert-OH is 1. The first-order valence-corrected chi connectivity index (χ1v) is 8.96. The zero-order valence-electron chi connectivity index (χ0n) is 12.1. The van der Waals surface area contributed by atoms with Crippen molar-refractivity contribution < 1.29 is 9.90 Å². The third kappa shape index (κ3) is 5.20. The van der Waals surface area contributed by atoms with Crippen molar-refractivity contribution in [2.75, 3.05) is 18.9 Å². The van der Waals surface area contributed by atoms with Crippen molar-refractivity contribution in [1.82, 2.24) is 4.90 Å². The van der Waals surface area contributed by atoms with Gasteiger partial charge in [0.1, 0.15) is 0 Å². The molecule has 1 fully saturated rings. The molecule has 1 saturated heterocycles. The zero-order valence-corrected chi connectivity index (χ0v) is 13.7. The fraction of sp³-hybridized carbons (Fsp3) is 0.562. The topological polar surface area (TPSA) is 40.5 Å². The van der Waals surface area contributed by atoms with Crippen LogP contribution in [0.15, 0.2) is 24.3 Å². The molecule has 0 saturated carbocycles. The summed E-state index contributed by atoms with van der Waals surface area (Å²) in [5.74, 6) is 1.59. The average molecular weight is 328 g/mol. The smallest absolute Gasteiger partial charge is 0.232 e. The van der Waals surface area contributed by atoms with Gasteiger partial charge in [-0.3, -0.25) is 4.79 Å². The number of carbonyl (C=O) groups is 1. The molecule has 0 radical (unpaired) electrons. The van der Waals surface area contributed by atoms with Gasteiger partial charge in [0, 0.05) is 30.0 Å². The molecule has 1 unspecified atom stereocenters. The molecule has 1 aromatic carbocycles. The Bertz CT molecular complexity index is 452. The number of hydrogen-bond acceptors (Lipinski definition) is 3. The lowest BCUT2D eigenvalue weighted by atomic mass is 10.1. The number of nitrogens with zero attached hydrogens (tertiary/aromatic N) is 1. The average Bonchev–Trinajstić information content (AvgIpc) is 2.95. The molecule has 116 valence electrons. The van der Waals surface area contributed by atoms with Crippen molar-refractivity contribution in [1.29, 1.82) is 0 Å². The summed E-state index contributed by atoms with van der Waals surface area (Å²) < 4.78 is 0. The van der Waals surface area contributed by atoms with E-state index in [4.69, 9.17) is 16.7 Å². The first kappa shape index (κ1) is 16.7. The van der Waals surface area contributed by atoms with Gasteiger partial charge in [-0.15, -0.1) is 11.8 Å². The van der Waals surface area contributed by atoms with Crippen LogP contribution in [0.5, 0.6) is 0 Å². The summed E-state index contributed by atoms with van der Waals surface area (Å²) in [7, 11) is 0. The summed E-state index contributed by atoms with van der Waals surface area (Å²) >= 11 is 7.50. The minimum absolute atomic E-state index is 0.212. The predicted molar refractivity (Wildman–Crippen MR) is 88.7 cm³/mol. The van der Waals surface area contributed by atoms with Crippen molar-refractivity contribution in [3.8, 4) is 0 Å². The summed E-state index contributed by atoms with van der Waals surface area (Å²) in [5.41, 5.74) is 1.19. The van der Waals surface area contributed by atoms with Gasteiger partial charge in [0.2, 0.25) is 5.91 Å². The van der Waals surface area contributed by atoms with Crippen molar-refractivity contribution in [2.45, 2.75) is 37.5 Å². The van der Waals surface area contributed by atoms with E-state index >= 15 is 0 Å². The number of halogens is 1. The van der Waals surface area contributed by atoms with Gasteiger partial charge >= 0.3 is 0 Å². The number of rotatable bonds is 7. The molecule has 21 heavy (non-hydrogen) atoms. The highest BCUT2D eigenvalue weighted by molar-refractivity contribution is 7.99. The SMILES string of the molecule is O=C(CSCc1ccc(Cl)cc1)N1CCCC1CCCO. The molecule has 0 bridgehead atoms. The third-order valence-electron chi connectivity index (χ3n) is 3.80. The van der Waals surface area contributed by atoms with Crippen molar-refractivity contribution in [3.63, 3.8) is 0 Å². The molecular weight excluding hydrogens is 306 g/mol. The highest BCUT2D eigenvalue weighted by Gasteiger charge is 2.27. The molecule has 1 aliphatic rings. The van der Waals surface area contributed by atoms with Crippen LogP contribution in [0.1, 0.15) is 31.2 Å². The fourth-order valence-corrected chi connectivity index (χ4v) is 3.71. The van der Waals surface area contributed by atoms with Gasteiger partial charge in [0.15, 0.2) is 0 Å². The zero-order chi connectivity index (χ0) is 15.1. The molecule has 0 spiro atoms. The molecule has 5 heteroatoms.